The molecule has 0 unspecified atom stereocenters. The Bertz CT molecular complexity index is 368. The van der Waals surface area contributed by atoms with Crippen molar-refractivity contribution in [3.63, 3.8) is 0 Å². The Morgan fingerprint density at radius 1 is 1.44 bits per heavy atom. The number of hydrogen-bond acceptors (Lipinski definition) is 3. The molecule has 2 N–H and O–H groups in total. The second kappa shape index (κ2) is 4.78. The van der Waals surface area contributed by atoms with Crippen LogP contribution in [0.1, 0.15) is 31.4 Å². The molecule has 3 nitrogen and oxygen atoms in total. The normalized spacial score (nSPS) is 16.3. The lowest BCUT2D eigenvalue weighted by Crippen LogP contribution is -2.28. The van der Waals surface area contributed by atoms with Gasteiger partial charge in [0.05, 0.1) is 17.6 Å². The number of thiocarbonyl (C=S) groups is 1. The number of rotatable bonds is 3. The van der Waals surface area contributed by atoms with E-state index < -0.39 is 0 Å². The molecule has 86 valence electrons. The number of anilines is 1. The standard InChI is InChI=1S/C12H17N3S/c1-15(9-4-2-3-5-9)10-6-7-11(12(13)16)14-8-10/h6-9H,2-5H2,1H3,(H2,13,16). The molecule has 1 aromatic heterocycles. The van der Waals surface area contributed by atoms with Crippen LogP contribution in [0.15, 0.2) is 18.3 Å². The molecule has 0 radical (unpaired) electrons. The maximum absolute atomic E-state index is 5.52. The van der Waals surface area contributed by atoms with E-state index in [1.807, 2.05) is 18.3 Å². The Morgan fingerprint density at radius 2 is 2.12 bits per heavy atom. The second-order valence-electron chi connectivity index (χ2n) is 4.32. The molecule has 4 heteroatoms. The van der Waals surface area contributed by atoms with E-state index in [4.69, 9.17) is 18.0 Å². The molecule has 2 rings (SSSR count). The summed E-state index contributed by atoms with van der Waals surface area (Å²) in [6.45, 7) is 0. The number of pyridine rings is 1. The summed E-state index contributed by atoms with van der Waals surface area (Å²) < 4.78 is 0. The zero-order chi connectivity index (χ0) is 11.5. The third-order valence-corrected chi connectivity index (χ3v) is 3.49. The lowest BCUT2D eigenvalue weighted by molar-refractivity contribution is 0.652. The summed E-state index contributed by atoms with van der Waals surface area (Å²) in [6, 6.07) is 4.60. The summed E-state index contributed by atoms with van der Waals surface area (Å²) in [5.74, 6) is 0. The smallest absolute Gasteiger partial charge is 0.122 e. The second-order valence-corrected chi connectivity index (χ2v) is 4.75. The molecule has 0 spiro atoms. The van der Waals surface area contributed by atoms with E-state index in [0.29, 0.717) is 16.7 Å². The molecular weight excluding hydrogens is 218 g/mol. The highest BCUT2D eigenvalue weighted by Gasteiger charge is 2.19. The van der Waals surface area contributed by atoms with Crippen LogP contribution in [0.25, 0.3) is 0 Å². The molecule has 16 heavy (non-hydrogen) atoms. The fourth-order valence-electron chi connectivity index (χ4n) is 2.24. The van der Waals surface area contributed by atoms with Gasteiger partial charge in [-0.1, -0.05) is 25.1 Å². The van der Waals surface area contributed by atoms with Gasteiger partial charge in [-0.05, 0) is 25.0 Å². The minimum Gasteiger partial charge on any atom is -0.388 e. The van der Waals surface area contributed by atoms with Gasteiger partial charge < -0.3 is 10.6 Å². The number of aromatic nitrogens is 1. The van der Waals surface area contributed by atoms with Crippen LogP contribution in [-0.2, 0) is 0 Å². The maximum Gasteiger partial charge on any atom is 0.122 e. The zero-order valence-electron chi connectivity index (χ0n) is 9.52. The first kappa shape index (κ1) is 11.3. The molecule has 1 fully saturated rings. The van der Waals surface area contributed by atoms with Crippen molar-refractivity contribution >= 4 is 22.9 Å². The Balaban J connectivity index is 2.11. The Kier molecular flexibility index (Phi) is 3.39. The van der Waals surface area contributed by atoms with E-state index in [1.54, 1.807) is 0 Å². The highest BCUT2D eigenvalue weighted by molar-refractivity contribution is 7.80. The van der Waals surface area contributed by atoms with Crippen LogP contribution in [0.2, 0.25) is 0 Å². The van der Waals surface area contributed by atoms with E-state index >= 15 is 0 Å². The van der Waals surface area contributed by atoms with Crippen LogP contribution in [0.4, 0.5) is 5.69 Å². The van der Waals surface area contributed by atoms with E-state index in [9.17, 15) is 0 Å². The fourth-order valence-corrected chi connectivity index (χ4v) is 2.36. The van der Waals surface area contributed by atoms with Gasteiger partial charge in [0.1, 0.15) is 4.99 Å². The van der Waals surface area contributed by atoms with Crippen LogP contribution in [0, 0.1) is 0 Å². The Morgan fingerprint density at radius 3 is 2.62 bits per heavy atom. The molecule has 0 aliphatic heterocycles. The third-order valence-electron chi connectivity index (χ3n) is 3.28. The van der Waals surface area contributed by atoms with E-state index in [2.05, 4.69) is 16.9 Å². The van der Waals surface area contributed by atoms with E-state index in [-0.39, 0.29) is 0 Å². The van der Waals surface area contributed by atoms with E-state index in [0.717, 1.165) is 5.69 Å². The summed E-state index contributed by atoms with van der Waals surface area (Å²) in [6.07, 6.45) is 7.11. The first-order valence-electron chi connectivity index (χ1n) is 5.67. The van der Waals surface area contributed by atoms with Crippen LogP contribution < -0.4 is 10.6 Å². The topological polar surface area (TPSA) is 42.1 Å². The van der Waals surface area contributed by atoms with Gasteiger partial charge >= 0.3 is 0 Å². The van der Waals surface area contributed by atoms with Gasteiger partial charge in [-0.3, -0.25) is 4.98 Å². The van der Waals surface area contributed by atoms with Crippen molar-refractivity contribution < 1.29 is 0 Å². The fraction of sp³-hybridized carbons (Fsp3) is 0.500. The average molecular weight is 235 g/mol. The van der Waals surface area contributed by atoms with E-state index in [1.165, 1.54) is 25.7 Å². The minimum absolute atomic E-state index is 0.357. The maximum atomic E-state index is 5.52. The van der Waals surface area contributed by atoms with Gasteiger partial charge in [-0.15, -0.1) is 0 Å². The summed E-state index contributed by atoms with van der Waals surface area (Å²) in [4.78, 5) is 6.93. The molecule has 0 atom stereocenters. The van der Waals surface area contributed by atoms with Gasteiger partial charge in [-0.25, -0.2) is 0 Å². The largest absolute Gasteiger partial charge is 0.388 e. The molecule has 1 saturated carbocycles. The third kappa shape index (κ3) is 2.32. The summed E-state index contributed by atoms with van der Waals surface area (Å²) in [5, 5.41) is 0. The SMILES string of the molecule is CN(c1ccc(C(N)=S)nc1)C1CCCC1. The van der Waals surface area contributed by atoms with Crippen LogP contribution in [0.3, 0.4) is 0 Å². The molecule has 0 bridgehead atoms. The molecule has 1 aliphatic carbocycles. The number of nitrogens with two attached hydrogens (primary N) is 1. The average Bonchev–Trinajstić information content (AvgIpc) is 2.81. The number of hydrogen-bond donors (Lipinski definition) is 1. The van der Waals surface area contributed by atoms with Crippen molar-refractivity contribution in [2.24, 2.45) is 5.73 Å². The summed E-state index contributed by atoms with van der Waals surface area (Å²) in [5.41, 5.74) is 7.36. The molecule has 1 aliphatic rings. The van der Waals surface area contributed by atoms with Gasteiger partial charge in [-0.2, -0.15) is 0 Å². The molecule has 0 amide bonds. The number of nitrogens with zero attached hydrogens (tertiary/aromatic N) is 2. The molecule has 1 heterocycles. The molecule has 0 saturated heterocycles. The van der Waals surface area contributed by atoms with Gasteiger partial charge in [0, 0.05) is 13.1 Å². The highest BCUT2D eigenvalue weighted by Crippen LogP contribution is 2.26. The lowest BCUT2D eigenvalue weighted by Gasteiger charge is -2.26. The zero-order valence-corrected chi connectivity index (χ0v) is 10.3. The highest BCUT2D eigenvalue weighted by atomic mass is 32.1. The van der Waals surface area contributed by atoms with Crippen molar-refractivity contribution in [2.75, 3.05) is 11.9 Å². The first-order chi connectivity index (χ1) is 7.68. The van der Waals surface area contributed by atoms with Gasteiger partial charge in [0.2, 0.25) is 0 Å². The van der Waals surface area contributed by atoms with Crippen LogP contribution >= 0.6 is 12.2 Å². The van der Waals surface area contributed by atoms with Crippen LogP contribution in [-0.4, -0.2) is 23.1 Å². The van der Waals surface area contributed by atoms with Gasteiger partial charge in [0.15, 0.2) is 0 Å². The minimum atomic E-state index is 0.357. The molecular formula is C12H17N3S. The lowest BCUT2D eigenvalue weighted by atomic mass is 10.2. The molecule has 0 aromatic carbocycles. The van der Waals surface area contributed by atoms with Crippen molar-refractivity contribution in [3.8, 4) is 0 Å². The Hall–Kier alpha value is -1.16. The summed E-state index contributed by atoms with van der Waals surface area (Å²) >= 11 is 4.88. The van der Waals surface area contributed by atoms with Crippen LogP contribution in [0.5, 0.6) is 0 Å². The Labute approximate surface area is 102 Å². The quantitative estimate of drug-likeness (QED) is 0.815. The van der Waals surface area contributed by atoms with Crippen molar-refractivity contribution in [1.82, 2.24) is 4.98 Å². The molecule has 1 aromatic rings. The van der Waals surface area contributed by atoms with Crippen molar-refractivity contribution in [3.05, 3.63) is 24.0 Å². The van der Waals surface area contributed by atoms with Crippen molar-refractivity contribution in [1.29, 1.82) is 0 Å². The monoisotopic (exact) mass is 235 g/mol. The predicted molar refractivity (Wildman–Crippen MR) is 70.8 cm³/mol. The summed E-state index contributed by atoms with van der Waals surface area (Å²) in [7, 11) is 2.13. The van der Waals surface area contributed by atoms with Gasteiger partial charge in [0.25, 0.3) is 0 Å². The first-order valence-corrected chi connectivity index (χ1v) is 6.08. The predicted octanol–water partition coefficient (Wildman–Crippen LogP) is 2.09. The van der Waals surface area contributed by atoms with Crippen molar-refractivity contribution in [2.45, 2.75) is 31.7 Å².